The Hall–Kier alpha value is -3.09. The number of pyridine rings is 1. The Labute approximate surface area is 144 Å². The highest BCUT2D eigenvalue weighted by atomic mass is 19.1. The van der Waals surface area contributed by atoms with Gasteiger partial charge in [0.25, 0.3) is 5.91 Å². The molecule has 0 unspecified atom stereocenters. The number of aromatic amines is 1. The zero-order valence-electron chi connectivity index (χ0n) is 13.6. The van der Waals surface area contributed by atoms with Gasteiger partial charge in [-0.3, -0.25) is 4.79 Å². The maximum Gasteiger partial charge on any atom is 0.256 e. The van der Waals surface area contributed by atoms with E-state index in [0.717, 1.165) is 11.3 Å². The van der Waals surface area contributed by atoms with E-state index in [2.05, 4.69) is 14.9 Å². The highest BCUT2D eigenvalue weighted by Gasteiger charge is 2.25. The summed E-state index contributed by atoms with van der Waals surface area (Å²) in [5.41, 5.74) is 7.86. The van der Waals surface area contributed by atoms with Crippen LogP contribution in [0.2, 0.25) is 0 Å². The van der Waals surface area contributed by atoms with E-state index in [-0.39, 0.29) is 11.7 Å². The lowest BCUT2D eigenvalue weighted by Crippen LogP contribution is -2.49. The van der Waals surface area contributed by atoms with Crippen molar-refractivity contribution < 1.29 is 9.18 Å². The summed E-state index contributed by atoms with van der Waals surface area (Å²) < 4.78 is 13.5. The molecule has 3 heterocycles. The molecule has 0 atom stereocenters. The summed E-state index contributed by atoms with van der Waals surface area (Å²) in [5.74, 6) is 0.311. The fourth-order valence-corrected chi connectivity index (χ4v) is 3.24. The van der Waals surface area contributed by atoms with E-state index in [9.17, 15) is 9.18 Å². The SMILES string of the molecule is Nc1cccnc1N1CCN(C(=O)c2c[nH]c3ccc(F)cc23)CC1. The van der Waals surface area contributed by atoms with Crippen molar-refractivity contribution >= 4 is 28.3 Å². The minimum absolute atomic E-state index is 0.0921. The maximum absolute atomic E-state index is 13.5. The van der Waals surface area contributed by atoms with E-state index in [1.165, 1.54) is 12.1 Å². The molecule has 3 N–H and O–H groups in total. The molecule has 1 fully saturated rings. The molecule has 128 valence electrons. The quantitative estimate of drug-likeness (QED) is 0.751. The molecule has 1 aliphatic heterocycles. The number of carbonyl (C=O) groups excluding carboxylic acids is 1. The summed E-state index contributed by atoms with van der Waals surface area (Å²) in [5, 5.41) is 0.612. The summed E-state index contributed by atoms with van der Waals surface area (Å²) in [6.07, 6.45) is 3.36. The summed E-state index contributed by atoms with van der Waals surface area (Å²) >= 11 is 0. The lowest BCUT2D eigenvalue weighted by molar-refractivity contribution is 0.0748. The topological polar surface area (TPSA) is 78.2 Å². The van der Waals surface area contributed by atoms with Crippen LogP contribution in [0.5, 0.6) is 0 Å². The Morgan fingerprint density at radius 1 is 1.20 bits per heavy atom. The third-order valence-electron chi connectivity index (χ3n) is 4.56. The van der Waals surface area contributed by atoms with Crippen LogP contribution < -0.4 is 10.6 Å². The molecule has 0 radical (unpaired) electrons. The van der Waals surface area contributed by atoms with Crippen LogP contribution in [0.25, 0.3) is 10.9 Å². The standard InChI is InChI=1S/C18H18FN5O/c19-12-3-4-16-13(10-12)14(11-22-16)18(25)24-8-6-23(7-9-24)17-15(20)2-1-5-21-17/h1-5,10-11,22H,6-9,20H2. The molecule has 1 aliphatic rings. The number of rotatable bonds is 2. The van der Waals surface area contributed by atoms with E-state index in [4.69, 9.17) is 5.73 Å². The minimum atomic E-state index is -0.350. The predicted octanol–water partition coefficient (Wildman–Crippen LogP) is 2.25. The van der Waals surface area contributed by atoms with E-state index < -0.39 is 0 Å². The van der Waals surface area contributed by atoms with Gasteiger partial charge in [0, 0.05) is 49.5 Å². The Morgan fingerprint density at radius 2 is 2.00 bits per heavy atom. The van der Waals surface area contributed by atoms with E-state index in [1.54, 1.807) is 29.4 Å². The zero-order chi connectivity index (χ0) is 17.4. The number of amides is 1. The van der Waals surface area contributed by atoms with Crippen LogP contribution >= 0.6 is 0 Å². The number of fused-ring (bicyclic) bond motifs is 1. The molecule has 25 heavy (non-hydrogen) atoms. The molecule has 0 saturated carbocycles. The first-order chi connectivity index (χ1) is 12.1. The zero-order valence-corrected chi connectivity index (χ0v) is 13.6. The van der Waals surface area contributed by atoms with E-state index >= 15 is 0 Å². The van der Waals surface area contributed by atoms with Crippen LogP contribution in [-0.4, -0.2) is 47.0 Å². The number of nitrogens with two attached hydrogens (primary N) is 1. The second-order valence-corrected chi connectivity index (χ2v) is 6.09. The molecule has 7 heteroatoms. The number of piperazine rings is 1. The van der Waals surface area contributed by atoms with Crippen LogP contribution in [0, 0.1) is 5.82 Å². The van der Waals surface area contributed by atoms with Gasteiger partial charge in [-0.05, 0) is 30.3 Å². The number of aromatic nitrogens is 2. The molecular weight excluding hydrogens is 321 g/mol. The number of anilines is 2. The second kappa shape index (κ2) is 6.08. The van der Waals surface area contributed by atoms with Gasteiger partial charge in [-0.1, -0.05) is 0 Å². The van der Waals surface area contributed by atoms with Crippen molar-refractivity contribution in [1.82, 2.24) is 14.9 Å². The Morgan fingerprint density at radius 3 is 2.76 bits per heavy atom. The van der Waals surface area contributed by atoms with Crippen molar-refractivity contribution in [2.45, 2.75) is 0 Å². The molecule has 0 spiro atoms. The second-order valence-electron chi connectivity index (χ2n) is 6.09. The van der Waals surface area contributed by atoms with Crippen LogP contribution in [0.15, 0.2) is 42.7 Å². The van der Waals surface area contributed by atoms with Crippen LogP contribution in [0.3, 0.4) is 0 Å². The van der Waals surface area contributed by atoms with Gasteiger partial charge in [-0.25, -0.2) is 9.37 Å². The predicted molar refractivity (Wildman–Crippen MR) is 95.0 cm³/mol. The van der Waals surface area contributed by atoms with E-state index in [1.807, 2.05) is 6.07 Å². The summed E-state index contributed by atoms with van der Waals surface area (Å²) in [6, 6.07) is 8.03. The number of halogens is 1. The average molecular weight is 339 g/mol. The van der Waals surface area contributed by atoms with Gasteiger partial charge in [0.2, 0.25) is 0 Å². The minimum Gasteiger partial charge on any atom is -0.396 e. The number of nitrogens with zero attached hydrogens (tertiary/aromatic N) is 3. The molecule has 0 bridgehead atoms. The first-order valence-corrected chi connectivity index (χ1v) is 8.15. The number of benzene rings is 1. The smallest absolute Gasteiger partial charge is 0.256 e. The third-order valence-corrected chi connectivity index (χ3v) is 4.56. The summed E-state index contributed by atoms with van der Waals surface area (Å²) in [7, 11) is 0. The monoisotopic (exact) mass is 339 g/mol. The fraction of sp³-hybridized carbons (Fsp3) is 0.222. The summed E-state index contributed by atoms with van der Waals surface area (Å²) in [6.45, 7) is 2.45. The van der Waals surface area contributed by atoms with Crippen molar-refractivity contribution in [2.75, 3.05) is 36.8 Å². The molecule has 0 aliphatic carbocycles. The largest absolute Gasteiger partial charge is 0.396 e. The van der Waals surface area contributed by atoms with Crippen LogP contribution in [0.1, 0.15) is 10.4 Å². The molecule has 1 saturated heterocycles. The molecule has 3 aromatic rings. The van der Waals surface area contributed by atoms with Crippen molar-refractivity contribution in [2.24, 2.45) is 0 Å². The van der Waals surface area contributed by atoms with Gasteiger partial charge in [-0.2, -0.15) is 0 Å². The number of nitrogens with one attached hydrogen (secondary N) is 1. The van der Waals surface area contributed by atoms with Gasteiger partial charge < -0.3 is 20.5 Å². The number of hydrogen-bond donors (Lipinski definition) is 2. The molecule has 6 nitrogen and oxygen atoms in total. The van der Waals surface area contributed by atoms with Gasteiger partial charge in [0.15, 0.2) is 5.82 Å². The van der Waals surface area contributed by atoms with Gasteiger partial charge in [0.1, 0.15) is 5.82 Å². The first kappa shape index (κ1) is 15.4. The maximum atomic E-state index is 13.5. The Bertz CT molecular complexity index is 930. The van der Waals surface area contributed by atoms with E-state index in [0.29, 0.717) is 42.8 Å². The van der Waals surface area contributed by atoms with Gasteiger partial charge in [0.05, 0.1) is 11.3 Å². The Kier molecular flexibility index (Phi) is 3.76. The summed E-state index contributed by atoms with van der Waals surface area (Å²) in [4.78, 5) is 24.0. The Balaban J connectivity index is 1.51. The highest BCUT2D eigenvalue weighted by molar-refractivity contribution is 6.06. The van der Waals surface area contributed by atoms with Gasteiger partial charge >= 0.3 is 0 Å². The lowest BCUT2D eigenvalue weighted by Gasteiger charge is -2.35. The number of nitrogen functional groups attached to an aromatic ring is 1. The highest BCUT2D eigenvalue weighted by Crippen LogP contribution is 2.24. The molecule has 1 amide bonds. The lowest BCUT2D eigenvalue weighted by atomic mass is 10.1. The molecule has 1 aromatic carbocycles. The molecular formula is C18H18FN5O. The van der Waals surface area contributed by atoms with Crippen LogP contribution in [-0.2, 0) is 0 Å². The fourth-order valence-electron chi connectivity index (χ4n) is 3.24. The van der Waals surface area contributed by atoms with Crippen molar-refractivity contribution in [3.8, 4) is 0 Å². The van der Waals surface area contributed by atoms with Crippen molar-refractivity contribution in [3.05, 3.63) is 54.1 Å². The van der Waals surface area contributed by atoms with Gasteiger partial charge in [-0.15, -0.1) is 0 Å². The number of hydrogen-bond acceptors (Lipinski definition) is 4. The molecule has 2 aromatic heterocycles. The number of H-pyrrole nitrogens is 1. The number of carbonyl (C=O) groups is 1. The van der Waals surface area contributed by atoms with Crippen molar-refractivity contribution in [3.63, 3.8) is 0 Å². The van der Waals surface area contributed by atoms with Crippen molar-refractivity contribution in [1.29, 1.82) is 0 Å². The average Bonchev–Trinajstić information content (AvgIpc) is 3.05. The third kappa shape index (κ3) is 2.77. The molecule has 4 rings (SSSR count). The first-order valence-electron chi connectivity index (χ1n) is 8.15. The normalized spacial score (nSPS) is 14.9. The van der Waals surface area contributed by atoms with Crippen LogP contribution in [0.4, 0.5) is 15.9 Å².